The number of carboxylic acid groups (broad SMARTS) is 1. The van der Waals surface area contributed by atoms with Crippen LogP contribution in [0, 0.1) is 0 Å². The van der Waals surface area contributed by atoms with E-state index in [-0.39, 0.29) is 5.91 Å². The number of allylic oxidation sites excluding steroid dienone is 1. The van der Waals surface area contributed by atoms with Crippen LogP contribution < -0.4 is 5.32 Å². The average molecular weight is 310 g/mol. The molecule has 0 aliphatic carbocycles. The van der Waals surface area contributed by atoms with Crippen LogP contribution in [0.5, 0.6) is 0 Å². The van der Waals surface area contributed by atoms with E-state index < -0.39 is 17.4 Å². The van der Waals surface area contributed by atoms with E-state index in [2.05, 4.69) is 11.9 Å². The Balaban J connectivity index is 2.92. The van der Waals surface area contributed by atoms with Crippen LogP contribution in [0.15, 0.2) is 36.9 Å². The van der Waals surface area contributed by atoms with Crippen molar-refractivity contribution in [3.63, 3.8) is 0 Å². The maximum Gasteiger partial charge on any atom is 0.326 e. The Morgan fingerprint density at radius 3 is 2.57 bits per heavy atom. The largest absolute Gasteiger partial charge is 0.480 e. The lowest BCUT2D eigenvalue weighted by molar-refractivity contribution is -0.142. The molecule has 2 N–H and O–H groups in total. The van der Waals surface area contributed by atoms with Gasteiger partial charge in [0.05, 0.1) is 5.41 Å². The van der Waals surface area contributed by atoms with E-state index in [1.54, 1.807) is 44.2 Å². The van der Waals surface area contributed by atoms with Crippen LogP contribution in [0.2, 0.25) is 5.02 Å². The van der Waals surface area contributed by atoms with Gasteiger partial charge in [0.15, 0.2) is 0 Å². The first-order chi connectivity index (χ1) is 9.80. The zero-order chi connectivity index (χ0) is 16.0. The molecule has 1 unspecified atom stereocenters. The Hall–Kier alpha value is -1.81. The molecule has 1 atom stereocenters. The molecule has 0 aliphatic rings. The van der Waals surface area contributed by atoms with Crippen LogP contribution in [0.25, 0.3) is 0 Å². The normalized spacial score (nSPS) is 12.5. The van der Waals surface area contributed by atoms with Crippen molar-refractivity contribution in [2.24, 2.45) is 0 Å². The van der Waals surface area contributed by atoms with Crippen LogP contribution in [0.4, 0.5) is 0 Å². The second-order valence-corrected chi connectivity index (χ2v) is 5.74. The van der Waals surface area contributed by atoms with Crippen molar-refractivity contribution in [1.29, 1.82) is 0 Å². The molecule has 0 heterocycles. The Morgan fingerprint density at radius 2 is 2.05 bits per heavy atom. The van der Waals surface area contributed by atoms with Crippen LogP contribution in [-0.2, 0) is 15.0 Å². The van der Waals surface area contributed by atoms with Crippen molar-refractivity contribution in [3.05, 3.63) is 47.5 Å². The van der Waals surface area contributed by atoms with Gasteiger partial charge in [0.2, 0.25) is 5.91 Å². The van der Waals surface area contributed by atoms with Crippen molar-refractivity contribution in [3.8, 4) is 0 Å². The molecule has 0 radical (unpaired) electrons. The highest BCUT2D eigenvalue weighted by Crippen LogP contribution is 2.30. The summed E-state index contributed by atoms with van der Waals surface area (Å²) in [5.41, 5.74) is -0.253. The molecular formula is C16H20ClNO3. The highest BCUT2D eigenvalue weighted by atomic mass is 35.5. The van der Waals surface area contributed by atoms with Crippen LogP contribution >= 0.6 is 11.6 Å². The van der Waals surface area contributed by atoms with Gasteiger partial charge in [-0.05, 0) is 38.3 Å². The molecule has 1 aromatic rings. The predicted molar refractivity (Wildman–Crippen MR) is 83.5 cm³/mol. The van der Waals surface area contributed by atoms with E-state index in [0.717, 1.165) is 0 Å². The van der Waals surface area contributed by atoms with Crippen molar-refractivity contribution >= 4 is 23.5 Å². The van der Waals surface area contributed by atoms with Gasteiger partial charge in [-0.25, -0.2) is 4.79 Å². The molecule has 0 fully saturated rings. The highest BCUT2D eigenvalue weighted by Gasteiger charge is 2.34. The fourth-order valence-corrected chi connectivity index (χ4v) is 2.34. The van der Waals surface area contributed by atoms with E-state index in [1.807, 2.05) is 0 Å². The van der Waals surface area contributed by atoms with Crippen LogP contribution in [0.3, 0.4) is 0 Å². The van der Waals surface area contributed by atoms with Crippen LogP contribution in [0.1, 0.15) is 32.3 Å². The molecular weight excluding hydrogens is 290 g/mol. The topological polar surface area (TPSA) is 66.4 Å². The van der Waals surface area contributed by atoms with Crippen molar-refractivity contribution in [2.75, 3.05) is 0 Å². The van der Waals surface area contributed by atoms with E-state index in [0.29, 0.717) is 23.4 Å². The molecule has 0 bridgehead atoms. The maximum atomic E-state index is 12.4. The SMILES string of the molecule is C=CCCC(NC(=O)C(C)(C)c1ccccc1Cl)C(=O)O. The van der Waals surface area contributed by atoms with Gasteiger partial charge in [-0.15, -0.1) is 6.58 Å². The zero-order valence-corrected chi connectivity index (χ0v) is 13.0. The summed E-state index contributed by atoms with van der Waals surface area (Å²) >= 11 is 6.13. The zero-order valence-electron chi connectivity index (χ0n) is 12.2. The smallest absolute Gasteiger partial charge is 0.326 e. The number of rotatable bonds is 7. The molecule has 114 valence electrons. The number of hydrogen-bond donors (Lipinski definition) is 2. The molecule has 1 aromatic carbocycles. The fraction of sp³-hybridized carbons (Fsp3) is 0.375. The highest BCUT2D eigenvalue weighted by molar-refractivity contribution is 6.31. The van der Waals surface area contributed by atoms with Crippen molar-refractivity contribution in [2.45, 2.75) is 38.1 Å². The number of hydrogen-bond acceptors (Lipinski definition) is 2. The Morgan fingerprint density at radius 1 is 1.43 bits per heavy atom. The number of nitrogens with one attached hydrogen (secondary N) is 1. The summed E-state index contributed by atoms with van der Waals surface area (Å²) in [5.74, 6) is -1.42. The lowest BCUT2D eigenvalue weighted by Crippen LogP contribution is -2.48. The Bertz CT molecular complexity index is 540. The first kappa shape index (κ1) is 17.2. The molecule has 0 saturated carbocycles. The van der Waals surface area contributed by atoms with Gasteiger partial charge in [0.25, 0.3) is 0 Å². The summed E-state index contributed by atoms with van der Waals surface area (Å²) in [4.78, 5) is 23.6. The average Bonchev–Trinajstić information content (AvgIpc) is 2.43. The lowest BCUT2D eigenvalue weighted by atomic mass is 9.83. The summed E-state index contributed by atoms with van der Waals surface area (Å²) < 4.78 is 0. The standard InChI is InChI=1S/C16H20ClNO3/c1-4-5-10-13(14(19)20)18-15(21)16(2,3)11-8-6-7-9-12(11)17/h4,6-9,13H,1,5,10H2,2-3H3,(H,18,21)(H,19,20). The number of carboxylic acids is 1. The van der Waals surface area contributed by atoms with E-state index in [9.17, 15) is 9.59 Å². The number of amides is 1. The molecule has 5 heteroatoms. The van der Waals surface area contributed by atoms with Gasteiger partial charge in [0.1, 0.15) is 6.04 Å². The van der Waals surface area contributed by atoms with Crippen LogP contribution in [-0.4, -0.2) is 23.0 Å². The minimum atomic E-state index is -1.06. The number of carbonyl (C=O) groups is 2. The monoisotopic (exact) mass is 309 g/mol. The van der Waals surface area contributed by atoms with E-state index >= 15 is 0 Å². The molecule has 21 heavy (non-hydrogen) atoms. The third-order valence-corrected chi connectivity index (χ3v) is 3.71. The Labute approximate surface area is 129 Å². The summed E-state index contributed by atoms with van der Waals surface area (Å²) in [6.45, 7) is 6.99. The molecule has 0 aromatic heterocycles. The van der Waals surface area contributed by atoms with Gasteiger partial charge in [-0.1, -0.05) is 35.9 Å². The molecule has 1 amide bonds. The minimum absolute atomic E-state index is 0.309. The molecule has 1 rings (SSSR count). The third-order valence-electron chi connectivity index (χ3n) is 3.38. The lowest BCUT2D eigenvalue weighted by Gasteiger charge is -2.27. The van der Waals surface area contributed by atoms with Crippen molar-refractivity contribution in [1.82, 2.24) is 5.32 Å². The summed E-state index contributed by atoms with van der Waals surface area (Å²) in [6.07, 6.45) is 2.45. The Kier molecular flexibility index (Phi) is 5.97. The van der Waals surface area contributed by atoms with E-state index in [1.165, 1.54) is 0 Å². The maximum absolute atomic E-state index is 12.4. The molecule has 4 nitrogen and oxygen atoms in total. The second-order valence-electron chi connectivity index (χ2n) is 5.34. The number of aliphatic carboxylic acids is 1. The number of carbonyl (C=O) groups excluding carboxylic acids is 1. The summed E-state index contributed by atoms with van der Waals surface area (Å²) in [7, 11) is 0. The molecule has 0 aliphatic heterocycles. The summed E-state index contributed by atoms with van der Waals surface area (Å²) in [5, 5.41) is 12.2. The first-order valence-corrected chi connectivity index (χ1v) is 7.08. The van der Waals surface area contributed by atoms with Crippen molar-refractivity contribution < 1.29 is 14.7 Å². The predicted octanol–water partition coefficient (Wildman–Crippen LogP) is 3.15. The summed E-state index contributed by atoms with van der Waals surface area (Å²) in [6, 6.07) is 6.11. The van der Waals surface area contributed by atoms with Gasteiger partial charge in [0, 0.05) is 5.02 Å². The van der Waals surface area contributed by atoms with Gasteiger partial charge in [-0.2, -0.15) is 0 Å². The molecule has 0 spiro atoms. The quantitative estimate of drug-likeness (QED) is 0.760. The van der Waals surface area contributed by atoms with E-state index in [4.69, 9.17) is 16.7 Å². The van der Waals surface area contributed by atoms with Gasteiger partial charge in [-0.3, -0.25) is 4.79 Å². The minimum Gasteiger partial charge on any atom is -0.480 e. The second kappa shape index (κ2) is 7.27. The first-order valence-electron chi connectivity index (χ1n) is 6.70. The third kappa shape index (κ3) is 4.33. The van der Waals surface area contributed by atoms with Gasteiger partial charge < -0.3 is 10.4 Å². The number of benzene rings is 1. The van der Waals surface area contributed by atoms with Gasteiger partial charge >= 0.3 is 5.97 Å². The molecule has 0 saturated heterocycles. The fourth-order valence-electron chi connectivity index (χ4n) is 1.97. The number of halogens is 1.